The molecule has 0 aliphatic rings. The second-order valence-electron chi connectivity index (χ2n) is 6.28. The van der Waals surface area contributed by atoms with Crippen molar-refractivity contribution < 1.29 is 22.6 Å². The Labute approximate surface area is 179 Å². The maximum Gasteiger partial charge on any atom is 0.396 e. The fraction of sp³-hybridized carbons (Fsp3) is 0. The van der Waals surface area contributed by atoms with Gasteiger partial charge >= 0.3 is 4.94 Å². The van der Waals surface area contributed by atoms with Crippen LogP contribution in [0.2, 0.25) is 0 Å². The van der Waals surface area contributed by atoms with E-state index in [4.69, 9.17) is 4.42 Å². The van der Waals surface area contributed by atoms with E-state index in [1.165, 1.54) is 60.7 Å². The predicted molar refractivity (Wildman–Crippen MR) is 114 cm³/mol. The monoisotopic (exact) mass is 456 g/mol. The van der Waals surface area contributed by atoms with Crippen LogP contribution in [0.4, 0.5) is 11.4 Å². The first kappa shape index (κ1) is 20.4. The second kappa shape index (κ2) is 7.78. The molecule has 9 nitrogen and oxygen atoms in total. The Kier molecular flexibility index (Phi) is 5.13. The number of carbonyl (C=O) groups excluding carboxylic acids is 1. The normalized spacial score (nSPS) is 11.4. The van der Waals surface area contributed by atoms with Crippen molar-refractivity contribution in [2.75, 3.05) is 4.31 Å². The van der Waals surface area contributed by atoms with Crippen LogP contribution in [0.1, 0.15) is 10.4 Å². The number of fused-ring (bicyclic) bond motifs is 1. The summed E-state index contributed by atoms with van der Waals surface area (Å²) in [5.41, 5.74) is -0.330. The van der Waals surface area contributed by atoms with Gasteiger partial charge in [-0.15, -0.1) is 0 Å². The van der Waals surface area contributed by atoms with Crippen molar-refractivity contribution in [1.82, 2.24) is 0 Å². The van der Waals surface area contributed by atoms with Crippen LogP contribution in [0.15, 0.2) is 86.9 Å². The number of amides is 1. The van der Waals surface area contributed by atoms with E-state index < -0.39 is 25.8 Å². The summed E-state index contributed by atoms with van der Waals surface area (Å²) >= 11 is 0.760. The number of carbonyl (C=O) groups is 1. The highest BCUT2D eigenvalue weighted by atomic mass is 32.2. The summed E-state index contributed by atoms with van der Waals surface area (Å²) in [7, 11) is -4.39. The minimum absolute atomic E-state index is 0.0371. The largest absolute Gasteiger partial charge is 0.414 e. The van der Waals surface area contributed by atoms with Crippen LogP contribution in [0.5, 0.6) is 0 Å². The molecule has 0 aliphatic heterocycles. The van der Waals surface area contributed by atoms with E-state index in [0.29, 0.717) is 9.01 Å². The van der Waals surface area contributed by atoms with Gasteiger partial charge in [-0.05, 0) is 36.4 Å². The highest BCUT2D eigenvalue weighted by Gasteiger charge is 2.32. The molecule has 3 aromatic carbocycles. The molecule has 1 aromatic heterocycles. The van der Waals surface area contributed by atoms with Crippen LogP contribution in [-0.2, 0) is 10.0 Å². The van der Waals surface area contributed by atoms with Gasteiger partial charge in [0.25, 0.3) is 21.6 Å². The van der Waals surface area contributed by atoms with Crippen molar-refractivity contribution in [3.05, 3.63) is 98.2 Å². The summed E-state index contributed by atoms with van der Waals surface area (Å²) in [6, 6.07) is 16.1. The van der Waals surface area contributed by atoms with Gasteiger partial charge in [-0.3, -0.25) is 14.9 Å². The van der Waals surface area contributed by atoms with Gasteiger partial charge in [0, 0.05) is 17.7 Å². The lowest BCUT2D eigenvalue weighted by Crippen LogP contribution is -2.37. The van der Waals surface area contributed by atoms with E-state index in [2.05, 4.69) is 0 Å². The Morgan fingerprint density at radius 1 is 1.00 bits per heavy atom. The smallest absolute Gasteiger partial charge is 0.396 e. The highest BCUT2D eigenvalue weighted by molar-refractivity contribution is 7.93. The van der Waals surface area contributed by atoms with Crippen molar-refractivity contribution in [3.63, 3.8) is 0 Å². The number of non-ortho nitro benzene ring substituents is 1. The summed E-state index contributed by atoms with van der Waals surface area (Å²) in [6.45, 7) is 0. The fourth-order valence-electron chi connectivity index (χ4n) is 2.92. The van der Waals surface area contributed by atoms with Crippen LogP contribution < -0.4 is 9.24 Å². The number of nitro benzene ring substituents is 1. The number of rotatable bonds is 5. The zero-order valence-corrected chi connectivity index (χ0v) is 17.1. The fourth-order valence-corrected chi connectivity index (χ4v) is 5.05. The van der Waals surface area contributed by atoms with Crippen molar-refractivity contribution in [3.8, 4) is 0 Å². The van der Waals surface area contributed by atoms with Crippen LogP contribution in [0.25, 0.3) is 10.3 Å². The van der Waals surface area contributed by atoms with Gasteiger partial charge in [0.2, 0.25) is 0 Å². The summed E-state index contributed by atoms with van der Waals surface area (Å²) in [5, 5.41) is 11.1. The Bertz CT molecular complexity index is 1470. The van der Waals surface area contributed by atoms with Gasteiger partial charge in [0.05, 0.1) is 20.2 Å². The first-order valence-electron chi connectivity index (χ1n) is 8.70. The molecular formula is C20H12N2O7S2. The van der Waals surface area contributed by atoms with Gasteiger partial charge < -0.3 is 4.42 Å². The third-order valence-electron chi connectivity index (χ3n) is 4.32. The lowest BCUT2D eigenvalue weighted by Gasteiger charge is -2.22. The zero-order valence-electron chi connectivity index (χ0n) is 15.5. The van der Waals surface area contributed by atoms with E-state index in [1.807, 2.05) is 0 Å². The maximum absolute atomic E-state index is 13.4. The second-order valence-corrected chi connectivity index (χ2v) is 9.04. The molecule has 0 bridgehead atoms. The van der Waals surface area contributed by atoms with Gasteiger partial charge in [-0.25, -0.2) is 13.2 Å². The maximum atomic E-state index is 13.4. The summed E-state index contributed by atoms with van der Waals surface area (Å²) < 4.78 is 32.7. The Morgan fingerprint density at radius 3 is 2.45 bits per heavy atom. The molecule has 11 heteroatoms. The molecule has 1 heterocycles. The Morgan fingerprint density at radius 2 is 1.74 bits per heavy atom. The first-order chi connectivity index (χ1) is 14.8. The molecule has 0 fully saturated rings. The van der Waals surface area contributed by atoms with E-state index in [9.17, 15) is 28.1 Å². The topological polar surface area (TPSA) is 128 Å². The average Bonchev–Trinajstić information content (AvgIpc) is 3.13. The molecule has 4 aromatic rings. The van der Waals surface area contributed by atoms with E-state index in [-0.39, 0.29) is 27.4 Å². The molecule has 0 atom stereocenters. The van der Waals surface area contributed by atoms with E-state index in [0.717, 1.165) is 17.4 Å². The molecule has 0 N–H and O–H groups in total. The van der Waals surface area contributed by atoms with Crippen molar-refractivity contribution >= 4 is 48.9 Å². The number of nitrogens with zero attached hydrogens (tertiary/aromatic N) is 2. The van der Waals surface area contributed by atoms with Crippen LogP contribution in [-0.4, -0.2) is 19.2 Å². The zero-order chi connectivity index (χ0) is 22.2. The van der Waals surface area contributed by atoms with Crippen molar-refractivity contribution in [2.45, 2.75) is 4.90 Å². The molecule has 4 rings (SSSR count). The molecule has 1 amide bonds. The molecule has 156 valence electrons. The van der Waals surface area contributed by atoms with Gasteiger partial charge in [-0.2, -0.15) is 4.31 Å². The number of sulfonamides is 1. The lowest BCUT2D eigenvalue weighted by molar-refractivity contribution is -0.384. The molecule has 0 aliphatic carbocycles. The molecule has 0 saturated carbocycles. The highest BCUT2D eigenvalue weighted by Crippen LogP contribution is 2.30. The molecule has 0 spiro atoms. The molecule has 31 heavy (non-hydrogen) atoms. The number of anilines is 1. The van der Waals surface area contributed by atoms with Gasteiger partial charge in [0.1, 0.15) is 5.58 Å². The quantitative estimate of drug-likeness (QED) is 0.330. The minimum atomic E-state index is -4.39. The Hall–Kier alpha value is -3.83. The van der Waals surface area contributed by atoms with Crippen molar-refractivity contribution in [2.24, 2.45) is 0 Å². The molecule has 0 unspecified atom stereocenters. The third-order valence-corrected chi connectivity index (χ3v) is 6.83. The van der Waals surface area contributed by atoms with E-state index >= 15 is 0 Å². The lowest BCUT2D eigenvalue weighted by atomic mass is 10.2. The molecule has 0 radical (unpaired) electrons. The van der Waals surface area contributed by atoms with Gasteiger partial charge in [-0.1, -0.05) is 35.6 Å². The molecule has 0 saturated heterocycles. The Balaban J connectivity index is 1.92. The summed E-state index contributed by atoms with van der Waals surface area (Å²) in [6.07, 6.45) is 0. The standard InChI is InChI=1S/C20H12N2O7S2/c23-19(13-5-4-6-15(11-13)22(25)26)21(31(27,28)16-7-2-1-3-8-16)14-9-10-17-18(12-14)30-20(24)29-17/h1-12H. The third kappa shape index (κ3) is 3.83. The van der Waals surface area contributed by atoms with Crippen LogP contribution in [0.3, 0.4) is 0 Å². The number of hydrogen-bond acceptors (Lipinski definition) is 8. The van der Waals surface area contributed by atoms with Crippen molar-refractivity contribution in [1.29, 1.82) is 0 Å². The first-order valence-corrected chi connectivity index (χ1v) is 11.0. The summed E-state index contributed by atoms with van der Waals surface area (Å²) in [4.78, 5) is 34.6. The average molecular weight is 456 g/mol. The van der Waals surface area contributed by atoms with E-state index in [1.54, 1.807) is 6.07 Å². The minimum Gasteiger partial charge on any atom is -0.414 e. The number of nitro groups is 1. The van der Waals surface area contributed by atoms with Gasteiger partial charge in [0.15, 0.2) is 0 Å². The number of hydrogen-bond donors (Lipinski definition) is 0. The van der Waals surface area contributed by atoms with Crippen LogP contribution in [0, 0.1) is 10.1 Å². The SMILES string of the molecule is O=C(c1cccc([N+](=O)[O-])c1)N(c1ccc2oc(=O)sc2c1)S(=O)(=O)c1ccccc1. The summed E-state index contributed by atoms with van der Waals surface area (Å²) in [5.74, 6) is -0.984. The molecular weight excluding hydrogens is 444 g/mol. The number of benzene rings is 3. The predicted octanol–water partition coefficient (Wildman–Crippen LogP) is 3.80. The van der Waals surface area contributed by atoms with Crippen LogP contribution >= 0.6 is 11.3 Å².